The number of aliphatic hydroxyl groups is 1. The van der Waals surface area contributed by atoms with Gasteiger partial charge in [0.1, 0.15) is 0 Å². The van der Waals surface area contributed by atoms with Gasteiger partial charge in [-0.05, 0) is 104 Å². The summed E-state index contributed by atoms with van der Waals surface area (Å²) in [5.41, 5.74) is 7.36. The number of aliphatic hydroxyl groups excluding tert-OH is 1. The van der Waals surface area contributed by atoms with Crippen LogP contribution in [0.15, 0.2) is 0 Å². The van der Waals surface area contributed by atoms with Gasteiger partial charge in [-0.2, -0.15) is 0 Å². The van der Waals surface area contributed by atoms with Crippen LogP contribution in [-0.2, 0) is 0 Å². The molecule has 29 heavy (non-hydrogen) atoms. The van der Waals surface area contributed by atoms with E-state index in [-0.39, 0.29) is 12.1 Å². The zero-order chi connectivity index (χ0) is 21.0. The van der Waals surface area contributed by atoms with Gasteiger partial charge in [0.05, 0.1) is 6.10 Å². The first-order valence-electron chi connectivity index (χ1n) is 13.1. The van der Waals surface area contributed by atoms with Crippen LogP contribution < -0.4 is 5.73 Å². The van der Waals surface area contributed by atoms with Gasteiger partial charge in [-0.1, -0.05) is 53.9 Å². The molecule has 0 aromatic carbocycles. The van der Waals surface area contributed by atoms with Crippen LogP contribution >= 0.6 is 0 Å². The first-order valence-corrected chi connectivity index (χ1v) is 13.1. The van der Waals surface area contributed by atoms with Gasteiger partial charge in [-0.15, -0.1) is 0 Å². The van der Waals surface area contributed by atoms with Crippen molar-refractivity contribution in [2.75, 3.05) is 0 Å². The highest BCUT2D eigenvalue weighted by atomic mass is 16.3. The van der Waals surface area contributed by atoms with Gasteiger partial charge in [0.15, 0.2) is 0 Å². The standard InChI is InChI=1S/C27H49NO/c1-17(2)7-6-8-18(3)21-11-12-22-20-10-9-19-15-25(29)24(28)16-27(19,5)23(20)13-14-26(21,22)4/h17-25,29H,6-16,28H2,1-5H3/t18-,19+,20+,21-,22+,23+,24-,25-,26-,27+/m1/s1. The summed E-state index contributed by atoms with van der Waals surface area (Å²) < 4.78 is 0. The second kappa shape index (κ2) is 8.12. The van der Waals surface area contributed by atoms with Crippen LogP contribution in [-0.4, -0.2) is 17.3 Å². The van der Waals surface area contributed by atoms with Gasteiger partial charge in [0, 0.05) is 6.04 Å². The molecule has 0 heterocycles. The maximum atomic E-state index is 10.4. The summed E-state index contributed by atoms with van der Waals surface area (Å²) in [6, 6.07) is 0.000571. The van der Waals surface area contributed by atoms with Crippen molar-refractivity contribution in [1.82, 2.24) is 0 Å². The minimum absolute atomic E-state index is 0.000571. The molecule has 168 valence electrons. The predicted octanol–water partition coefficient (Wildman–Crippen LogP) is 6.41. The molecule has 4 aliphatic carbocycles. The van der Waals surface area contributed by atoms with Crippen molar-refractivity contribution in [2.45, 2.75) is 117 Å². The Morgan fingerprint density at radius 1 is 0.931 bits per heavy atom. The third-order valence-electron chi connectivity index (χ3n) is 11.0. The summed E-state index contributed by atoms with van der Waals surface area (Å²) in [4.78, 5) is 0. The molecule has 0 saturated heterocycles. The van der Waals surface area contributed by atoms with Crippen molar-refractivity contribution in [3.05, 3.63) is 0 Å². The first-order chi connectivity index (χ1) is 13.7. The molecule has 4 aliphatic rings. The molecule has 4 saturated carbocycles. The quantitative estimate of drug-likeness (QED) is 0.557. The Morgan fingerprint density at radius 3 is 2.38 bits per heavy atom. The first kappa shape index (κ1) is 22.1. The van der Waals surface area contributed by atoms with E-state index in [4.69, 9.17) is 5.73 Å². The van der Waals surface area contributed by atoms with E-state index in [9.17, 15) is 5.11 Å². The highest BCUT2D eigenvalue weighted by Gasteiger charge is 2.61. The number of rotatable bonds is 5. The van der Waals surface area contributed by atoms with Crippen LogP contribution in [0.2, 0.25) is 0 Å². The third-order valence-corrected chi connectivity index (χ3v) is 11.0. The summed E-state index contributed by atoms with van der Waals surface area (Å²) >= 11 is 0. The van der Waals surface area contributed by atoms with E-state index in [1.807, 2.05) is 0 Å². The lowest BCUT2D eigenvalue weighted by Gasteiger charge is -2.62. The van der Waals surface area contributed by atoms with Crippen molar-refractivity contribution >= 4 is 0 Å². The normalized spacial score (nSPS) is 50.7. The van der Waals surface area contributed by atoms with E-state index >= 15 is 0 Å². The number of hydrogen-bond donors (Lipinski definition) is 2. The Kier molecular flexibility index (Phi) is 6.19. The summed E-state index contributed by atoms with van der Waals surface area (Å²) in [5, 5.41) is 10.4. The molecule has 3 N–H and O–H groups in total. The van der Waals surface area contributed by atoms with E-state index in [0.29, 0.717) is 16.7 Å². The maximum absolute atomic E-state index is 10.4. The van der Waals surface area contributed by atoms with Gasteiger partial charge in [0.2, 0.25) is 0 Å². The molecule has 0 bridgehead atoms. The summed E-state index contributed by atoms with van der Waals surface area (Å²) in [6.07, 6.45) is 14.6. The zero-order valence-electron chi connectivity index (χ0n) is 20.0. The van der Waals surface area contributed by atoms with Crippen LogP contribution in [0.25, 0.3) is 0 Å². The van der Waals surface area contributed by atoms with Crippen LogP contribution in [0.3, 0.4) is 0 Å². The van der Waals surface area contributed by atoms with Crippen LogP contribution in [0.5, 0.6) is 0 Å². The Hall–Kier alpha value is -0.0800. The summed E-state index contributed by atoms with van der Waals surface area (Å²) in [6.45, 7) is 12.6. The van der Waals surface area contributed by atoms with E-state index in [0.717, 1.165) is 48.3 Å². The van der Waals surface area contributed by atoms with Crippen molar-refractivity contribution in [3.63, 3.8) is 0 Å². The number of hydrogen-bond acceptors (Lipinski definition) is 2. The van der Waals surface area contributed by atoms with Gasteiger partial charge in [0.25, 0.3) is 0 Å². The van der Waals surface area contributed by atoms with Crippen LogP contribution in [0.4, 0.5) is 0 Å². The molecule has 4 fully saturated rings. The minimum Gasteiger partial charge on any atom is -0.392 e. The fourth-order valence-electron chi connectivity index (χ4n) is 9.37. The molecule has 0 unspecified atom stereocenters. The van der Waals surface area contributed by atoms with Crippen LogP contribution in [0, 0.1) is 52.3 Å². The zero-order valence-corrected chi connectivity index (χ0v) is 20.0. The molecule has 2 nitrogen and oxygen atoms in total. The minimum atomic E-state index is -0.263. The van der Waals surface area contributed by atoms with Crippen LogP contribution in [0.1, 0.15) is 105 Å². The predicted molar refractivity (Wildman–Crippen MR) is 122 cm³/mol. The Bertz CT molecular complexity index is 575. The molecule has 0 amide bonds. The lowest BCUT2D eigenvalue weighted by atomic mass is 9.44. The smallest absolute Gasteiger partial charge is 0.0694 e. The highest BCUT2D eigenvalue weighted by molar-refractivity contribution is 5.10. The van der Waals surface area contributed by atoms with Crippen molar-refractivity contribution in [3.8, 4) is 0 Å². The molecule has 0 aromatic rings. The molecule has 0 radical (unpaired) electrons. The fraction of sp³-hybridized carbons (Fsp3) is 1.00. The van der Waals surface area contributed by atoms with E-state index in [1.165, 1.54) is 57.8 Å². The molecule has 0 aliphatic heterocycles. The maximum Gasteiger partial charge on any atom is 0.0694 e. The number of fused-ring (bicyclic) bond motifs is 5. The van der Waals surface area contributed by atoms with Gasteiger partial charge >= 0.3 is 0 Å². The number of nitrogens with two attached hydrogens (primary N) is 1. The molecule has 4 rings (SSSR count). The van der Waals surface area contributed by atoms with Crippen molar-refractivity contribution in [2.24, 2.45) is 58.0 Å². The summed E-state index contributed by atoms with van der Waals surface area (Å²) in [7, 11) is 0. The molecular formula is C27H49NO. The third kappa shape index (κ3) is 3.73. The SMILES string of the molecule is CC(C)CCC[C@@H](C)[C@H]1CC[C@H]2[C@@H]3CC[C@H]4C[C@@H](O)[C@H](N)C[C@]4(C)[C@H]3CC[C@]12C. The molecule has 10 atom stereocenters. The largest absolute Gasteiger partial charge is 0.392 e. The lowest BCUT2D eigenvalue weighted by molar-refractivity contribution is -0.133. The lowest BCUT2D eigenvalue weighted by Crippen LogP contribution is -2.58. The second-order valence-corrected chi connectivity index (χ2v) is 12.9. The average Bonchev–Trinajstić information content (AvgIpc) is 3.00. The Labute approximate surface area is 180 Å². The fourth-order valence-corrected chi connectivity index (χ4v) is 9.37. The summed E-state index contributed by atoms with van der Waals surface area (Å²) in [5.74, 6) is 6.11. The van der Waals surface area contributed by atoms with Crippen molar-refractivity contribution in [1.29, 1.82) is 0 Å². The van der Waals surface area contributed by atoms with E-state index in [1.54, 1.807) is 0 Å². The van der Waals surface area contributed by atoms with E-state index in [2.05, 4.69) is 34.6 Å². The van der Waals surface area contributed by atoms with E-state index < -0.39 is 0 Å². The molecule has 0 aromatic heterocycles. The monoisotopic (exact) mass is 403 g/mol. The Balaban J connectivity index is 1.47. The van der Waals surface area contributed by atoms with Gasteiger partial charge in [-0.3, -0.25) is 0 Å². The topological polar surface area (TPSA) is 46.2 Å². The highest BCUT2D eigenvalue weighted by Crippen LogP contribution is 2.68. The molecule has 0 spiro atoms. The van der Waals surface area contributed by atoms with Gasteiger partial charge in [-0.25, -0.2) is 0 Å². The molecular weight excluding hydrogens is 354 g/mol. The van der Waals surface area contributed by atoms with Crippen molar-refractivity contribution < 1.29 is 5.11 Å². The average molecular weight is 404 g/mol. The second-order valence-electron chi connectivity index (χ2n) is 12.9. The Morgan fingerprint density at radius 2 is 1.66 bits per heavy atom. The molecule has 2 heteroatoms. The van der Waals surface area contributed by atoms with Gasteiger partial charge < -0.3 is 10.8 Å².